The number of alkyl carbamates (subject to hydrolysis) is 1. The van der Waals surface area contributed by atoms with Crippen molar-refractivity contribution in [3.05, 3.63) is 83.1 Å². The molecule has 1 aromatic heterocycles. The third-order valence-electron chi connectivity index (χ3n) is 5.70. The van der Waals surface area contributed by atoms with Crippen LogP contribution in [0.5, 0.6) is 0 Å². The number of carbonyl (C=O) groups excluding carboxylic acids is 2. The number of aryl methyl sites for hydroxylation is 1. The van der Waals surface area contributed by atoms with Crippen molar-refractivity contribution in [1.82, 2.24) is 15.1 Å². The highest BCUT2D eigenvalue weighted by Gasteiger charge is 2.28. The lowest BCUT2D eigenvalue weighted by atomic mass is 9.98. The van der Waals surface area contributed by atoms with E-state index in [1.807, 2.05) is 36.4 Å². The van der Waals surface area contributed by atoms with E-state index in [1.54, 1.807) is 13.0 Å². The summed E-state index contributed by atoms with van der Waals surface area (Å²) in [5.41, 5.74) is 4.74. The van der Waals surface area contributed by atoms with Gasteiger partial charge in [-0.2, -0.15) is 5.10 Å². The van der Waals surface area contributed by atoms with Crippen molar-refractivity contribution in [3.63, 3.8) is 0 Å². The Kier molecular flexibility index (Phi) is 6.44. The number of ether oxygens (including phenoxy) is 1. The number of anilines is 1. The van der Waals surface area contributed by atoms with Crippen LogP contribution in [0, 0.1) is 0 Å². The summed E-state index contributed by atoms with van der Waals surface area (Å²) in [5, 5.41) is 18.0. The van der Waals surface area contributed by atoms with Crippen LogP contribution in [0.15, 0.2) is 66.2 Å². The number of nitrogens with zero attached hydrogens (tertiary/aromatic N) is 2. The number of carboxylic acid groups (broad SMARTS) is 1. The minimum absolute atomic E-state index is 0.0317. The standard InChI is InChI=1S/C25H24N4O5/c1-15(23(30)27-22-13-21(24(31)32)28-29(22)2)11-12-26-25(33)34-14-20-18-9-5-3-7-16(18)17-8-4-6-10-19(17)20/h3-11,13,20H,12,14H2,1-2H3,(H,26,33)(H,27,30)(H,31,32)/b15-11+. The number of aromatic nitrogens is 2. The Labute approximate surface area is 196 Å². The number of hydrogen-bond donors (Lipinski definition) is 3. The average molecular weight is 460 g/mol. The third kappa shape index (κ3) is 4.68. The molecule has 0 spiro atoms. The second-order valence-corrected chi connectivity index (χ2v) is 7.89. The first kappa shape index (κ1) is 22.8. The SMILES string of the molecule is C/C(=C\CNC(=O)OCC1c2ccccc2-c2ccccc21)C(=O)Nc1cc(C(=O)O)nn1C. The first-order valence-corrected chi connectivity index (χ1v) is 10.7. The molecule has 1 heterocycles. The van der Waals surface area contributed by atoms with Gasteiger partial charge in [-0.1, -0.05) is 54.6 Å². The van der Waals surface area contributed by atoms with Crippen LogP contribution < -0.4 is 10.6 Å². The van der Waals surface area contributed by atoms with Gasteiger partial charge in [-0.25, -0.2) is 9.59 Å². The molecule has 0 atom stereocenters. The summed E-state index contributed by atoms with van der Waals surface area (Å²) in [6.07, 6.45) is 0.967. The van der Waals surface area contributed by atoms with E-state index in [9.17, 15) is 14.4 Å². The van der Waals surface area contributed by atoms with Gasteiger partial charge in [-0.15, -0.1) is 0 Å². The maximum atomic E-state index is 12.3. The summed E-state index contributed by atoms with van der Waals surface area (Å²) >= 11 is 0. The number of benzene rings is 2. The zero-order chi connectivity index (χ0) is 24.2. The number of amides is 2. The minimum Gasteiger partial charge on any atom is -0.476 e. The number of fused-ring (bicyclic) bond motifs is 3. The molecule has 0 aliphatic heterocycles. The van der Waals surface area contributed by atoms with Crippen LogP contribution in [0.2, 0.25) is 0 Å². The highest BCUT2D eigenvalue weighted by Crippen LogP contribution is 2.44. The average Bonchev–Trinajstić information content (AvgIpc) is 3.35. The van der Waals surface area contributed by atoms with Gasteiger partial charge in [0.1, 0.15) is 12.4 Å². The molecule has 2 aromatic carbocycles. The Morgan fingerprint density at radius 1 is 1.09 bits per heavy atom. The molecule has 0 saturated carbocycles. The van der Waals surface area contributed by atoms with Crippen LogP contribution in [0.25, 0.3) is 11.1 Å². The molecule has 4 rings (SSSR count). The van der Waals surface area contributed by atoms with Crippen LogP contribution in [-0.4, -0.2) is 46.0 Å². The van der Waals surface area contributed by atoms with Gasteiger partial charge < -0.3 is 20.5 Å². The van der Waals surface area contributed by atoms with Crippen molar-refractivity contribution in [2.24, 2.45) is 7.05 Å². The highest BCUT2D eigenvalue weighted by atomic mass is 16.5. The van der Waals surface area contributed by atoms with Crippen molar-refractivity contribution in [1.29, 1.82) is 0 Å². The molecule has 174 valence electrons. The first-order chi connectivity index (χ1) is 16.3. The molecule has 1 aliphatic carbocycles. The van der Waals surface area contributed by atoms with Gasteiger partial charge in [0, 0.05) is 31.1 Å². The van der Waals surface area contributed by atoms with E-state index in [-0.39, 0.29) is 30.6 Å². The van der Waals surface area contributed by atoms with Crippen LogP contribution in [0.4, 0.5) is 10.6 Å². The zero-order valence-corrected chi connectivity index (χ0v) is 18.7. The maximum Gasteiger partial charge on any atom is 0.407 e. The molecule has 0 bridgehead atoms. The van der Waals surface area contributed by atoms with E-state index < -0.39 is 18.0 Å². The lowest BCUT2D eigenvalue weighted by Crippen LogP contribution is -2.27. The lowest BCUT2D eigenvalue weighted by molar-refractivity contribution is -0.112. The third-order valence-corrected chi connectivity index (χ3v) is 5.70. The number of hydrogen-bond acceptors (Lipinski definition) is 5. The van der Waals surface area contributed by atoms with E-state index in [0.29, 0.717) is 5.57 Å². The van der Waals surface area contributed by atoms with Crippen molar-refractivity contribution in [3.8, 4) is 11.1 Å². The monoisotopic (exact) mass is 460 g/mol. The fourth-order valence-electron chi connectivity index (χ4n) is 3.93. The van der Waals surface area contributed by atoms with Crippen molar-refractivity contribution >= 4 is 23.8 Å². The summed E-state index contributed by atoms with van der Waals surface area (Å²) in [6, 6.07) is 17.5. The second kappa shape index (κ2) is 9.62. The number of rotatable bonds is 7. The molecule has 2 amide bonds. The zero-order valence-electron chi connectivity index (χ0n) is 18.7. The second-order valence-electron chi connectivity index (χ2n) is 7.89. The molecule has 3 aromatic rings. The molecule has 34 heavy (non-hydrogen) atoms. The van der Waals surface area contributed by atoms with Crippen molar-refractivity contribution < 1.29 is 24.2 Å². The molecule has 0 unspecified atom stereocenters. The maximum absolute atomic E-state index is 12.3. The Balaban J connectivity index is 1.30. The molecular weight excluding hydrogens is 436 g/mol. The summed E-state index contributed by atoms with van der Waals surface area (Å²) in [4.78, 5) is 35.6. The Morgan fingerprint density at radius 3 is 2.29 bits per heavy atom. The predicted molar refractivity (Wildman–Crippen MR) is 126 cm³/mol. The Hall–Kier alpha value is -4.40. The van der Waals surface area contributed by atoms with Gasteiger partial charge in [0.15, 0.2) is 5.69 Å². The number of nitrogens with one attached hydrogen (secondary N) is 2. The van der Waals surface area contributed by atoms with E-state index in [1.165, 1.54) is 17.8 Å². The van der Waals surface area contributed by atoms with Gasteiger partial charge in [-0.3, -0.25) is 9.48 Å². The Morgan fingerprint density at radius 2 is 1.71 bits per heavy atom. The minimum atomic E-state index is -1.18. The van der Waals surface area contributed by atoms with Crippen LogP contribution >= 0.6 is 0 Å². The molecule has 9 heteroatoms. The molecule has 1 aliphatic rings. The van der Waals surface area contributed by atoms with Gasteiger partial charge in [0.2, 0.25) is 0 Å². The lowest BCUT2D eigenvalue weighted by Gasteiger charge is -2.14. The summed E-state index contributed by atoms with van der Waals surface area (Å²) in [5.74, 6) is -1.40. The number of aromatic carboxylic acids is 1. The largest absolute Gasteiger partial charge is 0.476 e. The molecule has 0 radical (unpaired) electrons. The fourth-order valence-corrected chi connectivity index (χ4v) is 3.93. The van der Waals surface area contributed by atoms with Gasteiger partial charge >= 0.3 is 12.1 Å². The molecule has 3 N–H and O–H groups in total. The number of carboxylic acids is 1. The van der Waals surface area contributed by atoms with Gasteiger partial charge in [0.25, 0.3) is 5.91 Å². The van der Waals surface area contributed by atoms with Crippen LogP contribution in [0.3, 0.4) is 0 Å². The molecule has 0 saturated heterocycles. The summed E-state index contributed by atoms with van der Waals surface area (Å²) in [7, 11) is 1.53. The van der Waals surface area contributed by atoms with Crippen LogP contribution in [-0.2, 0) is 16.6 Å². The first-order valence-electron chi connectivity index (χ1n) is 10.7. The summed E-state index contributed by atoms with van der Waals surface area (Å²) in [6.45, 7) is 1.89. The molecule has 0 fully saturated rings. The number of carbonyl (C=O) groups is 3. The Bertz CT molecular complexity index is 1250. The van der Waals surface area contributed by atoms with Crippen LogP contribution in [0.1, 0.15) is 34.5 Å². The molecule has 9 nitrogen and oxygen atoms in total. The molecular formula is C25H24N4O5. The van der Waals surface area contributed by atoms with E-state index >= 15 is 0 Å². The van der Waals surface area contributed by atoms with Crippen molar-refractivity contribution in [2.45, 2.75) is 12.8 Å². The quantitative estimate of drug-likeness (QED) is 0.464. The van der Waals surface area contributed by atoms with E-state index in [4.69, 9.17) is 9.84 Å². The summed E-state index contributed by atoms with van der Waals surface area (Å²) < 4.78 is 6.74. The van der Waals surface area contributed by atoms with Gasteiger partial charge in [0.05, 0.1) is 0 Å². The highest BCUT2D eigenvalue weighted by molar-refractivity contribution is 6.03. The predicted octanol–water partition coefficient (Wildman–Crippen LogP) is 3.54. The van der Waals surface area contributed by atoms with Gasteiger partial charge in [-0.05, 0) is 29.2 Å². The topological polar surface area (TPSA) is 123 Å². The smallest absolute Gasteiger partial charge is 0.407 e. The fraction of sp³-hybridized carbons (Fsp3) is 0.200. The van der Waals surface area contributed by atoms with Crippen molar-refractivity contribution in [2.75, 3.05) is 18.5 Å². The normalized spacial score (nSPS) is 12.6. The van der Waals surface area contributed by atoms with E-state index in [2.05, 4.69) is 27.9 Å². The van der Waals surface area contributed by atoms with E-state index in [0.717, 1.165) is 22.3 Å².